The fraction of sp³-hybridized carbons (Fsp3) is 0.571. The second-order valence-corrected chi connectivity index (χ2v) is 5.31. The Morgan fingerprint density at radius 2 is 2.22 bits per heavy atom. The van der Waals surface area contributed by atoms with Crippen LogP contribution in [0.15, 0.2) is 18.3 Å². The van der Waals surface area contributed by atoms with Crippen LogP contribution in [0.1, 0.15) is 43.6 Å². The smallest absolute Gasteiger partial charge is 0.269 e. The van der Waals surface area contributed by atoms with E-state index in [2.05, 4.69) is 22.5 Å². The van der Waals surface area contributed by atoms with Gasteiger partial charge in [0.1, 0.15) is 5.69 Å². The van der Waals surface area contributed by atoms with Gasteiger partial charge in [0.25, 0.3) is 5.91 Å². The molecule has 1 fully saturated rings. The second-order valence-electron chi connectivity index (χ2n) is 5.31. The van der Waals surface area contributed by atoms with E-state index in [9.17, 15) is 4.79 Å². The lowest BCUT2D eigenvalue weighted by Crippen LogP contribution is -2.40. The van der Waals surface area contributed by atoms with Crippen LogP contribution in [-0.2, 0) is 0 Å². The number of hydrogen-bond acceptors (Lipinski definition) is 3. The Kier molecular flexibility index (Phi) is 3.84. The summed E-state index contributed by atoms with van der Waals surface area (Å²) >= 11 is 0. The van der Waals surface area contributed by atoms with Crippen LogP contribution in [0.2, 0.25) is 0 Å². The second kappa shape index (κ2) is 5.38. The highest BCUT2D eigenvalue weighted by Crippen LogP contribution is 2.39. The molecule has 1 aromatic heterocycles. The maximum absolute atomic E-state index is 11.9. The van der Waals surface area contributed by atoms with E-state index in [4.69, 9.17) is 0 Å². The predicted octanol–water partition coefficient (Wildman–Crippen LogP) is 2.43. The van der Waals surface area contributed by atoms with Crippen molar-refractivity contribution in [2.24, 2.45) is 5.41 Å². The molecule has 0 aromatic carbocycles. The Bertz CT molecular complexity index is 410. The summed E-state index contributed by atoms with van der Waals surface area (Å²) in [6.45, 7) is 5.85. The van der Waals surface area contributed by atoms with Gasteiger partial charge < -0.3 is 10.6 Å². The standard InChI is InChI=1S/C14H21N3O/c1-3-15-11-5-6-12(16-9-11)13(18)17-10-14(2)7-4-8-14/h5-6,9,15H,3-4,7-8,10H2,1-2H3,(H,17,18). The summed E-state index contributed by atoms with van der Waals surface area (Å²) in [5, 5.41) is 6.12. The lowest BCUT2D eigenvalue weighted by molar-refractivity contribution is 0.0886. The van der Waals surface area contributed by atoms with Crippen LogP contribution in [0, 0.1) is 5.41 Å². The Morgan fingerprint density at radius 1 is 1.44 bits per heavy atom. The van der Waals surface area contributed by atoms with E-state index in [1.165, 1.54) is 19.3 Å². The van der Waals surface area contributed by atoms with Crippen molar-refractivity contribution in [1.29, 1.82) is 0 Å². The quantitative estimate of drug-likeness (QED) is 0.840. The minimum absolute atomic E-state index is 0.0776. The zero-order valence-corrected chi connectivity index (χ0v) is 11.1. The zero-order valence-electron chi connectivity index (χ0n) is 11.1. The van der Waals surface area contributed by atoms with Crippen LogP contribution in [0.4, 0.5) is 5.69 Å². The zero-order chi connectivity index (χ0) is 13.0. The van der Waals surface area contributed by atoms with Gasteiger partial charge in [-0.2, -0.15) is 0 Å². The average molecular weight is 247 g/mol. The molecule has 2 rings (SSSR count). The van der Waals surface area contributed by atoms with Gasteiger partial charge in [-0.25, -0.2) is 4.98 Å². The molecule has 0 aliphatic heterocycles. The summed E-state index contributed by atoms with van der Waals surface area (Å²) in [6.07, 6.45) is 5.39. The van der Waals surface area contributed by atoms with Crippen molar-refractivity contribution >= 4 is 11.6 Å². The molecule has 0 saturated heterocycles. The van der Waals surface area contributed by atoms with Gasteiger partial charge in [-0.3, -0.25) is 4.79 Å². The number of pyridine rings is 1. The minimum atomic E-state index is -0.0776. The lowest BCUT2D eigenvalue weighted by atomic mass is 9.70. The molecular weight excluding hydrogens is 226 g/mol. The number of carbonyl (C=O) groups excluding carboxylic acids is 1. The lowest BCUT2D eigenvalue weighted by Gasteiger charge is -2.38. The number of anilines is 1. The number of aromatic nitrogens is 1. The molecule has 1 saturated carbocycles. The molecule has 1 aliphatic carbocycles. The molecule has 18 heavy (non-hydrogen) atoms. The molecule has 98 valence electrons. The van der Waals surface area contributed by atoms with Crippen molar-refractivity contribution in [2.75, 3.05) is 18.4 Å². The Morgan fingerprint density at radius 3 is 2.72 bits per heavy atom. The van der Waals surface area contributed by atoms with Crippen LogP contribution >= 0.6 is 0 Å². The molecule has 1 heterocycles. The van der Waals surface area contributed by atoms with Gasteiger partial charge in [-0.1, -0.05) is 13.3 Å². The molecule has 4 heteroatoms. The van der Waals surface area contributed by atoms with Gasteiger partial charge in [-0.05, 0) is 37.3 Å². The van der Waals surface area contributed by atoms with Crippen LogP contribution in [0.3, 0.4) is 0 Å². The first-order chi connectivity index (χ1) is 8.63. The molecular formula is C14H21N3O. The number of nitrogens with zero attached hydrogens (tertiary/aromatic N) is 1. The number of carbonyl (C=O) groups is 1. The average Bonchev–Trinajstić information content (AvgIpc) is 2.35. The van der Waals surface area contributed by atoms with Crippen molar-refractivity contribution in [1.82, 2.24) is 10.3 Å². The summed E-state index contributed by atoms with van der Waals surface area (Å²) < 4.78 is 0. The number of rotatable bonds is 5. The van der Waals surface area contributed by atoms with E-state index in [1.807, 2.05) is 13.0 Å². The van der Waals surface area contributed by atoms with Gasteiger partial charge >= 0.3 is 0 Å². The molecule has 4 nitrogen and oxygen atoms in total. The van der Waals surface area contributed by atoms with Gasteiger partial charge in [0, 0.05) is 13.1 Å². The fourth-order valence-electron chi connectivity index (χ4n) is 2.18. The highest BCUT2D eigenvalue weighted by atomic mass is 16.1. The Balaban J connectivity index is 1.88. The monoisotopic (exact) mass is 247 g/mol. The summed E-state index contributed by atoms with van der Waals surface area (Å²) in [4.78, 5) is 16.1. The van der Waals surface area contributed by atoms with Crippen molar-refractivity contribution in [3.8, 4) is 0 Å². The van der Waals surface area contributed by atoms with Crippen LogP contribution < -0.4 is 10.6 Å². The first kappa shape index (κ1) is 12.9. The first-order valence-electron chi connectivity index (χ1n) is 6.61. The summed E-state index contributed by atoms with van der Waals surface area (Å²) in [7, 11) is 0. The maximum Gasteiger partial charge on any atom is 0.269 e. The minimum Gasteiger partial charge on any atom is -0.384 e. The van der Waals surface area contributed by atoms with Gasteiger partial charge in [0.2, 0.25) is 0 Å². The molecule has 2 N–H and O–H groups in total. The molecule has 1 amide bonds. The molecule has 0 spiro atoms. The molecule has 1 aliphatic rings. The largest absolute Gasteiger partial charge is 0.384 e. The van der Waals surface area contributed by atoms with E-state index in [0.29, 0.717) is 11.1 Å². The third kappa shape index (κ3) is 3.00. The van der Waals surface area contributed by atoms with Gasteiger partial charge in [-0.15, -0.1) is 0 Å². The van der Waals surface area contributed by atoms with Crippen LogP contribution in [-0.4, -0.2) is 24.0 Å². The molecule has 1 aromatic rings. The van der Waals surface area contributed by atoms with Gasteiger partial charge in [0.15, 0.2) is 0 Å². The van der Waals surface area contributed by atoms with Gasteiger partial charge in [0.05, 0.1) is 11.9 Å². The van der Waals surface area contributed by atoms with E-state index in [1.54, 1.807) is 12.3 Å². The predicted molar refractivity (Wildman–Crippen MR) is 72.7 cm³/mol. The Labute approximate surface area is 108 Å². The van der Waals surface area contributed by atoms with E-state index < -0.39 is 0 Å². The van der Waals surface area contributed by atoms with Crippen molar-refractivity contribution < 1.29 is 4.79 Å². The Hall–Kier alpha value is -1.58. The highest BCUT2D eigenvalue weighted by molar-refractivity contribution is 5.92. The molecule has 0 radical (unpaired) electrons. The van der Waals surface area contributed by atoms with E-state index in [-0.39, 0.29) is 5.91 Å². The van der Waals surface area contributed by atoms with E-state index in [0.717, 1.165) is 18.8 Å². The van der Waals surface area contributed by atoms with Crippen LogP contribution in [0.25, 0.3) is 0 Å². The molecule has 0 atom stereocenters. The number of hydrogen-bond donors (Lipinski definition) is 2. The molecule has 0 bridgehead atoms. The topological polar surface area (TPSA) is 54.0 Å². The van der Waals surface area contributed by atoms with Crippen molar-refractivity contribution in [3.63, 3.8) is 0 Å². The maximum atomic E-state index is 11.9. The van der Waals surface area contributed by atoms with E-state index >= 15 is 0 Å². The third-order valence-corrected chi connectivity index (χ3v) is 3.61. The summed E-state index contributed by atoms with van der Waals surface area (Å²) in [6, 6.07) is 3.65. The van der Waals surface area contributed by atoms with Crippen molar-refractivity contribution in [2.45, 2.75) is 33.1 Å². The summed E-state index contributed by atoms with van der Waals surface area (Å²) in [5.41, 5.74) is 1.74. The van der Waals surface area contributed by atoms with Crippen molar-refractivity contribution in [3.05, 3.63) is 24.0 Å². The van der Waals surface area contributed by atoms with Crippen LogP contribution in [0.5, 0.6) is 0 Å². The third-order valence-electron chi connectivity index (χ3n) is 3.61. The normalized spacial score (nSPS) is 16.8. The first-order valence-corrected chi connectivity index (χ1v) is 6.61. The fourth-order valence-corrected chi connectivity index (χ4v) is 2.18. The summed E-state index contributed by atoms with van der Waals surface area (Å²) in [5.74, 6) is -0.0776. The SMILES string of the molecule is CCNc1ccc(C(=O)NCC2(C)CCC2)nc1. The number of nitrogens with one attached hydrogen (secondary N) is 2. The number of amides is 1. The highest BCUT2D eigenvalue weighted by Gasteiger charge is 2.31. The molecule has 0 unspecified atom stereocenters.